The van der Waals surface area contributed by atoms with Crippen LogP contribution >= 0.6 is 0 Å². The van der Waals surface area contributed by atoms with Gasteiger partial charge in [0.05, 0.1) is 4.90 Å². The average molecular weight is 484 g/mol. The van der Waals surface area contributed by atoms with Crippen LogP contribution in [0.4, 0.5) is 11.4 Å². The van der Waals surface area contributed by atoms with E-state index < -0.39 is 10.0 Å². The Bertz CT molecular complexity index is 1170. The molecule has 0 saturated heterocycles. The van der Waals surface area contributed by atoms with Gasteiger partial charge in [-0.2, -0.15) is 0 Å². The molecule has 4 rings (SSSR count). The first-order chi connectivity index (χ1) is 16.1. The molecule has 2 aliphatic rings. The van der Waals surface area contributed by atoms with Crippen LogP contribution in [0.5, 0.6) is 0 Å². The lowest BCUT2D eigenvalue weighted by Gasteiger charge is -2.28. The van der Waals surface area contributed by atoms with Gasteiger partial charge in [-0.05, 0) is 87.8 Å². The van der Waals surface area contributed by atoms with E-state index in [1.165, 1.54) is 6.92 Å². The van der Waals surface area contributed by atoms with Gasteiger partial charge in [-0.1, -0.05) is 17.7 Å². The van der Waals surface area contributed by atoms with E-state index in [2.05, 4.69) is 10.0 Å². The molecule has 1 heterocycles. The first kappa shape index (κ1) is 24.4. The molecule has 182 valence electrons. The first-order valence-corrected chi connectivity index (χ1v) is 13.4. The Kier molecular flexibility index (Phi) is 7.09. The van der Waals surface area contributed by atoms with Crippen LogP contribution in [-0.4, -0.2) is 32.8 Å². The molecule has 1 fully saturated rings. The van der Waals surface area contributed by atoms with E-state index in [0.29, 0.717) is 13.0 Å². The van der Waals surface area contributed by atoms with E-state index in [0.717, 1.165) is 48.2 Å². The van der Waals surface area contributed by atoms with Gasteiger partial charge in [0.25, 0.3) is 0 Å². The maximum Gasteiger partial charge on any atom is 0.240 e. The van der Waals surface area contributed by atoms with Crippen molar-refractivity contribution in [2.24, 2.45) is 11.8 Å². The minimum atomic E-state index is -3.64. The average Bonchev–Trinajstić information content (AvgIpc) is 3.14. The molecule has 2 amide bonds. The molecule has 0 radical (unpaired) electrons. The minimum absolute atomic E-state index is 0.0248. The third-order valence-corrected chi connectivity index (χ3v) is 8.44. The molecule has 8 heteroatoms. The molecule has 2 N–H and O–H groups in total. The van der Waals surface area contributed by atoms with Crippen LogP contribution in [0.1, 0.15) is 50.7 Å². The van der Waals surface area contributed by atoms with E-state index in [9.17, 15) is 18.0 Å². The van der Waals surface area contributed by atoms with Gasteiger partial charge < -0.3 is 10.2 Å². The number of amides is 2. The summed E-state index contributed by atoms with van der Waals surface area (Å²) in [6, 6.07) is 12.8. The van der Waals surface area contributed by atoms with Gasteiger partial charge in [0.2, 0.25) is 21.8 Å². The molecule has 1 saturated carbocycles. The van der Waals surface area contributed by atoms with Crippen LogP contribution in [0.25, 0.3) is 0 Å². The van der Waals surface area contributed by atoms with Crippen molar-refractivity contribution in [3.05, 3.63) is 53.6 Å². The van der Waals surface area contributed by atoms with Crippen LogP contribution in [0.2, 0.25) is 0 Å². The highest BCUT2D eigenvalue weighted by atomic mass is 32.2. The quantitative estimate of drug-likeness (QED) is 0.649. The van der Waals surface area contributed by atoms with E-state index in [4.69, 9.17) is 0 Å². The standard InChI is InChI=1S/C26H33N3O4S/c1-17-4-10-23(11-5-17)28-26(31)21-8-6-20(7-9-21)16-27-34(32,33)24-12-13-25-22(15-24)14-18(2)29(25)19(3)30/h4-5,10-13,15,18,20-21,27H,6-9,14,16H2,1-3H3,(H,28,31)/t18-,20?,21?/m0/s1. The van der Waals surface area contributed by atoms with Crippen molar-refractivity contribution in [3.63, 3.8) is 0 Å². The molecular formula is C26H33N3O4S. The second kappa shape index (κ2) is 9.88. The van der Waals surface area contributed by atoms with Gasteiger partial charge in [0, 0.05) is 36.8 Å². The summed E-state index contributed by atoms with van der Waals surface area (Å²) < 4.78 is 28.6. The highest BCUT2D eigenvalue weighted by Crippen LogP contribution is 2.34. The third-order valence-electron chi connectivity index (χ3n) is 7.01. The van der Waals surface area contributed by atoms with Crippen LogP contribution in [-0.2, 0) is 26.0 Å². The first-order valence-electron chi connectivity index (χ1n) is 11.9. The van der Waals surface area contributed by atoms with Gasteiger partial charge in [-0.3, -0.25) is 9.59 Å². The molecule has 2 aromatic rings. The fourth-order valence-electron chi connectivity index (χ4n) is 5.08. The molecule has 2 aromatic carbocycles. The Morgan fingerprint density at radius 2 is 1.71 bits per heavy atom. The van der Waals surface area contributed by atoms with E-state index in [-0.39, 0.29) is 34.6 Å². The lowest BCUT2D eigenvalue weighted by molar-refractivity contribution is -0.121. The number of carbonyl (C=O) groups is 2. The summed E-state index contributed by atoms with van der Waals surface area (Å²) in [7, 11) is -3.64. The normalized spacial score (nSPS) is 22.3. The Labute approximate surface area is 202 Å². The van der Waals surface area contributed by atoms with Gasteiger partial charge in [0.15, 0.2) is 0 Å². The van der Waals surface area contributed by atoms with Crippen molar-refractivity contribution in [3.8, 4) is 0 Å². The van der Waals surface area contributed by atoms with Gasteiger partial charge in [-0.15, -0.1) is 0 Å². The topological polar surface area (TPSA) is 95.6 Å². The fourth-order valence-corrected chi connectivity index (χ4v) is 6.24. The van der Waals surface area contributed by atoms with Crippen LogP contribution < -0.4 is 14.9 Å². The molecule has 1 atom stereocenters. The second-order valence-corrected chi connectivity index (χ2v) is 11.4. The number of sulfonamides is 1. The Morgan fingerprint density at radius 1 is 1.03 bits per heavy atom. The second-order valence-electron chi connectivity index (χ2n) is 9.66. The number of aryl methyl sites for hydroxylation is 1. The number of hydrogen-bond acceptors (Lipinski definition) is 4. The Balaban J connectivity index is 1.30. The van der Waals surface area contributed by atoms with Gasteiger partial charge in [0.1, 0.15) is 0 Å². The molecule has 34 heavy (non-hydrogen) atoms. The van der Waals surface area contributed by atoms with Crippen LogP contribution in [0.3, 0.4) is 0 Å². The molecule has 1 aliphatic heterocycles. The van der Waals surface area contributed by atoms with Crippen molar-refractivity contribution in [2.45, 2.75) is 63.8 Å². The molecule has 0 spiro atoms. The zero-order chi connectivity index (χ0) is 24.5. The number of hydrogen-bond donors (Lipinski definition) is 2. The summed E-state index contributed by atoms with van der Waals surface area (Å²) in [5.74, 6) is 0.163. The molecule has 7 nitrogen and oxygen atoms in total. The third kappa shape index (κ3) is 5.33. The number of fused-ring (bicyclic) bond motifs is 1. The fraction of sp³-hybridized carbons (Fsp3) is 0.462. The largest absolute Gasteiger partial charge is 0.326 e. The van der Waals surface area contributed by atoms with Crippen molar-refractivity contribution >= 4 is 33.2 Å². The van der Waals surface area contributed by atoms with Crippen molar-refractivity contribution in [1.82, 2.24) is 4.72 Å². The van der Waals surface area contributed by atoms with E-state index in [1.807, 2.05) is 38.1 Å². The Morgan fingerprint density at radius 3 is 2.35 bits per heavy atom. The van der Waals surface area contributed by atoms with Gasteiger partial charge in [-0.25, -0.2) is 13.1 Å². The maximum absolute atomic E-state index is 12.9. The smallest absolute Gasteiger partial charge is 0.240 e. The minimum Gasteiger partial charge on any atom is -0.326 e. The van der Waals surface area contributed by atoms with Crippen LogP contribution in [0.15, 0.2) is 47.4 Å². The number of anilines is 2. The molecule has 0 bridgehead atoms. The predicted octanol–water partition coefficient (Wildman–Crippen LogP) is 4.02. The summed E-state index contributed by atoms with van der Waals surface area (Å²) in [5, 5.41) is 2.99. The van der Waals surface area contributed by atoms with Crippen molar-refractivity contribution < 1.29 is 18.0 Å². The zero-order valence-electron chi connectivity index (χ0n) is 20.0. The lowest BCUT2D eigenvalue weighted by Crippen LogP contribution is -2.34. The summed E-state index contributed by atoms with van der Waals surface area (Å²) in [5.41, 5.74) is 3.63. The number of rotatable bonds is 6. The van der Waals surface area contributed by atoms with Gasteiger partial charge >= 0.3 is 0 Å². The molecular weight excluding hydrogens is 450 g/mol. The van der Waals surface area contributed by atoms with E-state index in [1.54, 1.807) is 23.1 Å². The number of benzene rings is 2. The molecule has 0 aromatic heterocycles. The lowest BCUT2D eigenvalue weighted by atomic mass is 9.81. The molecule has 1 aliphatic carbocycles. The summed E-state index contributed by atoms with van der Waals surface area (Å²) in [4.78, 5) is 26.5. The number of nitrogens with one attached hydrogen (secondary N) is 2. The zero-order valence-corrected chi connectivity index (χ0v) is 20.8. The number of nitrogens with zero attached hydrogens (tertiary/aromatic N) is 1. The van der Waals surface area contributed by atoms with Crippen molar-refractivity contribution in [1.29, 1.82) is 0 Å². The monoisotopic (exact) mass is 483 g/mol. The molecule has 0 unspecified atom stereocenters. The SMILES string of the molecule is CC(=O)N1c2ccc(S(=O)(=O)NCC3CCC(C(=O)Nc4ccc(C)cc4)CC3)cc2C[C@@H]1C. The van der Waals surface area contributed by atoms with E-state index >= 15 is 0 Å². The predicted molar refractivity (Wildman–Crippen MR) is 133 cm³/mol. The number of carbonyl (C=O) groups excluding carboxylic acids is 2. The maximum atomic E-state index is 12.9. The summed E-state index contributed by atoms with van der Waals surface area (Å²) in [6.45, 7) is 5.86. The van der Waals surface area contributed by atoms with Crippen molar-refractivity contribution in [2.75, 3.05) is 16.8 Å². The summed E-state index contributed by atoms with van der Waals surface area (Å²) >= 11 is 0. The summed E-state index contributed by atoms with van der Waals surface area (Å²) in [6.07, 6.45) is 3.77. The highest BCUT2D eigenvalue weighted by Gasteiger charge is 2.31. The Hall–Kier alpha value is -2.71. The van der Waals surface area contributed by atoms with Crippen LogP contribution in [0, 0.1) is 18.8 Å². The highest BCUT2D eigenvalue weighted by molar-refractivity contribution is 7.89.